The zero-order valence-electron chi connectivity index (χ0n) is 10.9. The predicted molar refractivity (Wildman–Crippen MR) is 80.5 cm³/mol. The first-order chi connectivity index (χ1) is 9.37. The molecule has 7 heteroatoms. The Balaban J connectivity index is 2.01. The molecular weight excluding hydrogens is 344 g/mol. The number of sulfone groups is 1. The van der Waals surface area contributed by atoms with Crippen molar-refractivity contribution < 1.29 is 13.2 Å². The van der Waals surface area contributed by atoms with Gasteiger partial charge in [0.15, 0.2) is 9.84 Å². The smallest absolute Gasteiger partial charge is 0.244 e. The zero-order valence-corrected chi connectivity index (χ0v) is 13.3. The number of rotatable bonds is 1. The lowest BCUT2D eigenvalue weighted by Crippen LogP contribution is -2.64. The highest BCUT2D eigenvalue weighted by atomic mass is 79.9. The lowest BCUT2D eigenvalue weighted by molar-refractivity contribution is -0.122. The summed E-state index contributed by atoms with van der Waals surface area (Å²) in [5.41, 5.74) is 0.749. The molecule has 3 atom stereocenters. The molecule has 1 amide bonds. The second-order valence-electron chi connectivity index (χ2n) is 5.32. The molecule has 1 aromatic rings. The van der Waals surface area contributed by atoms with E-state index in [2.05, 4.69) is 21.2 Å². The third-order valence-electron chi connectivity index (χ3n) is 3.83. The maximum atomic E-state index is 12.4. The van der Waals surface area contributed by atoms with E-state index in [0.29, 0.717) is 0 Å². The summed E-state index contributed by atoms with van der Waals surface area (Å²) >= 11 is 3.36. The first-order valence-corrected chi connectivity index (χ1v) is 9.04. The van der Waals surface area contributed by atoms with Crippen LogP contribution in [0.4, 0.5) is 5.69 Å². The maximum Gasteiger partial charge on any atom is 0.244 e. The fourth-order valence-electron chi connectivity index (χ4n) is 2.93. The summed E-state index contributed by atoms with van der Waals surface area (Å²) in [6, 6.07) is 6.51. The summed E-state index contributed by atoms with van der Waals surface area (Å²) in [4.78, 5) is 14.1. The molecule has 0 aromatic heterocycles. The van der Waals surface area contributed by atoms with Gasteiger partial charge in [-0.15, -0.1) is 0 Å². The largest absolute Gasteiger partial charge is 0.305 e. The lowest BCUT2D eigenvalue weighted by atomic mass is 10.0. The van der Waals surface area contributed by atoms with Gasteiger partial charge in [-0.2, -0.15) is 0 Å². The number of nitrogens with one attached hydrogen (secondary N) is 1. The van der Waals surface area contributed by atoms with Gasteiger partial charge in [-0.1, -0.05) is 15.9 Å². The van der Waals surface area contributed by atoms with Gasteiger partial charge < -0.3 is 10.2 Å². The van der Waals surface area contributed by atoms with Gasteiger partial charge in [0.05, 0.1) is 23.6 Å². The fraction of sp³-hybridized carbons (Fsp3) is 0.462. The van der Waals surface area contributed by atoms with Crippen LogP contribution in [0.2, 0.25) is 0 Å². The Morgan fingerprint density at radius 1 is 1.25 bits per heavy atom. The number of nitrogens with zero attached hydrogens (tertiary/aromatic N) is 1. The summed E-state index contributed by atoms with van der Waals surface area (Å²) in [5, 5.41) is 3.12. The van der Waals surface area contributed by atoms with E-state index in [4.69, 9.17) is 0 Å². The number of halogens is 1. The molecule has 0 bridgehead atoms. The summed E-state index contributed by atoms with van der Waals surface area (Å²) in [6.45, 7) is 1.77. The molecule has 2 aliphatic rings. The van der Waals surface area contributed by atoms with E-state index in [1.165, 1.54) is 0 Å². The van der Waals surface area contributed by atoms with Crippen LogP contribution in [0.15, 0.2) is 28.7 Å². The summed E-state index contributed by atoms with van der Waals surface area (Å²) in [5.74, 6) is 0.0484. The minimum absolute atomic E-state index is 0.0270. The van der Waals surface area contributed by atoms with Crippen LogP contribution in [0.25, 0.3) is 0 Å². The third-order valence-corrected chi connectivity index (χ3v) is 6.08. The number of benzene rings is 1. The average molecular weight is 359 g/mol. The van der Waals surface area contributed by atoms with Gasteiger partial charge in [0.1, 0.15) is 0 Å². The van der Waals surface area contributed by atoms with Crippen LogP contribution in [0, 0.1) is 0 Å². The van der Waals surface area contributed by atoms with E-state index in [1.807, 2.05) is 24.3 Å². The molecule has 2 fully saturated rings. The van der Waals surface area contributed by atoms with Crippen molar-refractivity contribution >= 4 is 37.4 Å². The van der Waals surface area contributed by atoms with Crippen molar-refractivity contribution in [1.82, 2.24) is 5.32 Å². The molecule has 0 unspecified atom stereocenters. The van der Waals surface area contributed by atoms with Gasteiger partial charge in [0, 0.05) is 16.2 Å². The van der Waals surface area contributed by atoms with Crippen LogP contribution in [0.3, 0.4) is 0 Å². The normalized spacial score (nSPS) is 32.2. The highest BCUT2D eigenvalue weighted by Crippen LogP contribution is 2.29. The Morgan fingerprint density at radius 2 is 1.90 bits per heavy atom. The van der Waals surface area contributed by atoms with Crippen LogP contribution in [0.5, 0.6) is 0 Å². The molecule has 108 valence electrons. The summed E-state index contributed by atoms with van der Waals surface area (Å²) in [7, 11) is -3.09. The second kappa shape index (κ2) is 4.82. The first-order valence-electron chi connectivity index (χ1n) is 6.42. The number of carbonyl (C=O) groups excluding carboxylic acids is 1. The quantitative estimate of drug-likeness (QED) is 0.811. The number of piperazine rings is 1. The average Bonchev–Trinajstić information content (AvgIpc) is 2.66. The van der Waals surface area contributed by atoms with Gasteiger partial charge in [0.25, 0.3) is 0 Å². The standard InChI is InChI=1S/C13H15BrN2O3S/c1-8-13(17)16(10-4-2-9(14)3-5-10)12-7-20(18,19)6-11(12)15-8/h2-5,8,11-12,15H,6-7H2,1H3/t8-,11+,12-/m0/s1. The number of fused-ring (bicyclic) bond motifs is 1. The van der Waals surface area contributed by atoms with Crippen molar-refractivity contribution in [2.24, 2.45) is 0 Å². The topological polar surface area (TPSA) is 66.5 Å². The Hall–Kier alpha value is -0.920. The highest BCUT2D eigenvalue weighted by molar-refractivity contribution is 9.10. The molecule has 2 heterocycles. The fourth-order valence-corrected chi connectivity index (χ4v) is 5.10. The molecule has 0 radical (unpaired) electrons. The van der Waals surface area contributed by atoms with Crippen molar-refractivity contribution in [2.45, 2.75) is 25.0 Å². The zero-order chi connectivity index (χ0) is 14.5. The van der Waals surface area contributed by atoms with Crippen LogP contribution in [-0.4, -0.2) is 44.0 Å². The Bertz CT molecular complexity index is 644. The maximum absolute atomic E-state index is 12.4. The van der Waals surface area contributed by atoms with Crippen molar-refractivity contribution in [3.63, 3.8) is 0 Å². The Kier molecular flexibility index (Phi) is 3.38. The summed E-state index contributed by atoms with van der Waals surface area (Å²) < 4.78 is 24.6. The van der Waals surface area contributed by atoms with E-state index in [0.717, 1.165) is 10.2 Å². The third kappa shape index (κ3) is 2.38. The van der Waals surface area contributed by atoms with Crippen molar-refractivity contribution in [1.29, 1.82) is 0 Å². The second-order valence-corrected chi connectivity index (χ2v) is 8.39. The van der Waals surface area contributed by atoms with E-state index >= 15 is 0 Å². The Labute approximate surface area is 126 Å². The number of hydrogen-bond donors (Lipinski definition) is 1. The first kappa shape index (κ1) is 14.0. The van der Waals surface area contributed by atoms with E-state index in [-0.39, 0.29) is 35.5 Å². The molecule has 0 spiro atoms. The van der Waals surface area contributed by atoms with E-state index in [1.54, 1.807) is 11.8 Å². The minimum Gasteiger partial charge on any atom is -0.305 e. The van der Waals surface area contributed by atoms with Gasteiger partial charge in [0.2, 0.25) is 5.91 Å². The van der Waals surface area contributed by atoms with E-state index < -0.39 is 9.84 Å². The minimum atomic E-state index is -3.09. The number of hydrogen-bond acceptors (Lipinski definition) is 4. The van der Waals surface area contributed by atoms with Crippen molar-refractivity contribution in [2.75, 3.05) is 16.4 Å². The summed E-state index contributed by atoms with van der Waals surface area (Å²) in [6.07, 6.45) is 0. The van der Waals surface area contributed by atoms with Crippen LogP contribution < -0.4 is 10.2 Å². The highest BCUT2D eigenvalue weighted by Gasteiger charge is 2.48. The molecular formula is C13H15BrN2O3S. The lowest BCUT2D eigenvalue weighted by Gasteiger charge is -2.40. The monoisotopic (exact) mass is 358 g/mol. The SMILES string of the molecule is C[C@@H]1N[C@@H]2CS(=O)(=O)C[C@@H]2N(c2ccc(Br)cc2)C1=O. The molecule has 2 aliphatic heterocycles. The molecule has 5 nitrogen and oxygen atoms in total. The molecule has 20 heavy (non-hydrogen) atoms. The van der Waals surface area contributed by atoms with Gasteiger partial charge in [-0.3, -0.25) is 4.79 Å². The van der Waals surface area contributed by atoms with Gasteiger partial charge in [-0.25, -0.2) is 8.42 Å². The molecule has 2 saturated heterocycles. The van der Waals surface area contributed by atoms with Gasteiger partial charge >= 0.3 is 0 Å². The van der Waals surface area contributed by atoms with Crippen LogP contribution >= 0.6 is 15.9 Å². The van der Waals surface area contributed by atoms with Crippen LogP contribution in [0.1, 0.15) is 6.92 Å². The number of carbonyl (C=O) groups is 1. The van der Waals surface area contributed by atoms with E-state index in [9.17, 15) is 13.2 Å². The number of anilines is 1. The molecule has 1 aromatic carbocycles. The predicted octanol–water partition coefficient (Wildman–Crippen LogP) is 0.939. The number of amides is 1. The van der Waals surface area contributed by atoms with Crippen molar-refractivity contribution in [3.05, 3.63) is 28.7 Å². The van der Waals surface area contributed by atoms with Crippen LogP contribution in [-0.2, 0) is 14.6 Å². The molecule has 0 aliphatic carbocycles. The van der Waals surface area contributed by atoms with Crippen molar-refractivity contribution in [3.8, 4) is 0 Å². The molecule has 0 saturated carbocycles. The van der Waals surface area contributed by atoms with Gasteiger partial charge in [-0.05, 0) is 31.2 Å². The molecule has 3 rings (SSSR count). The Morgan fingerprint density at radius 3 is 2.55 bits per heavy atom. The molecule has 1 N–H and O–H groups in total.